The lowest BCUT2D eigenvalue weighted by atomic mass is 10.0. The Hall–Kier alpha value is -3.45. The molecule has 0 aliphatic rings. The molecule has 0 aliphatic heterocycles. The van der Waals surface area contributed by atoms with E-state index in [1.165, 1.54) is 5.56 Å². The van der Waals surface area contributed by atoms with Crippen LogP contribution in [0.2, 0.25) is 0 Å². The van der Waals surface area contributed by atoms with Gasteiger partial charge in [0, 0.05) is 12.4 Å². The highest BCUT2D eigenvalue weighted by molar-refractivity contribution is 5.68. The fraction of sp³-hybridized carbons (Fsp3) is 0.150. The summed E-state index contributed by atoms with van der Waals surface area (Å²) in [7, 11) is 0. The zero-order valence-corrected chi connectivity index (χ0v) is 14.8. The van der Waals surface area contributed by atoms with Crippen LogP contribution in [0.3, 0.4) is 0 Å². The normalized spacial score (nSPS) is 12.2. The lowest BCUT2D eigenvalue weighted by Gasteiger charge is -2.19. The molecule has 0 saturated heterocycles. The van der Waals surface area contributed by atoms with Gasteiger partial charge in [0.15, 0.2) is 11.5 Å². The van der Waals surface area contributed by atoms with Gasteiger partial charge in [0.05, 0.1) is 23.6 Å². The molecule has 1 atom stereocenters. The second-order valence-corrected chi connectivity index (χ2v) is 6.24. The highest BCUT2D eigenvalue weighted by Gasteiger charge is 2.13. The molecule has 3 heterocycles. The van der Waals surface area contributed by atoms with Crippen molar-refractivity contribution >= 4 is 17.3 Å². The average molecular weight is 359 g/mol. The van der Waals surface area contributed by atoms with E-state index in [4.69, 9.17) is 16.5 Å². The number of benzene rings is 1. The van der Waals surface area contributed by atoms with E-state index in [2.05, 4.69) is 27.4 Å². The number of nitrogen functional groups attached to an aromatic ring is 1. The van der Waals surface area contributed by atoms with Crippen LogP contribution in [0.1, 0.15) is 18.0 Å². The number of pyridine rings is 1. The lowest BCUT2D eigenvalue weighted by Crippen LogP contribution is -2.16. The minimum atomic E-state index is 0.0981. The molecule has 0 saturated carbocycles. The molecule has 5 N–H and O–H groups in total. The Labute approximate surface area is 157 Å². The van der Waals surface area contributed by atoms with Crippen LogP contribution in [0.25, 0.3) is 17.0 Å². The van der Waals surface area contributed by atoms with Gasteiger partial charge >= 0.3 is 0 Å². The molecule has 7 nitrogen and oxygen atoms in total. The maximum atomic E-state index is 5.90. The Morgan fingerprint density at radius 2 is 1.89 bits per heavy atom. The second-order valence-electron chi connectivity index (χ2n) is 6.24. The number of fused-ring (bicyclic) bond motifs is 1. The van der Waals surface area contributed by atoms with Crippen LogP contribution in [0, 0.1) is 0 Å². The molecule has 0 aliphatic carbocycles. The summed E-state index contributed by atoms with van der Waals surface area (Å²) in [6.07, 6.45) is 6.06. The maximum Gasteiger partial charge on any atom is 0.180 e. The molecular formula is C20H21N7. The van der Waals surface area contributed by atoms with Crippen molar-refractivity contribution in [3.63, 3.8) is 0 Å². The smallest absolute Gasteiger partial charge is 0.180 e. The summed E-state index contributed by atoms with van der Waals surface area (Å²) in [6.45, 7) is 0.589. The first-order chi connectivity index (χ1) is 13.3. The van der Waals surface area contributed by atoms with Crippen LogP contribution >= 0.6 is 0 Å². The summed E-state index contributed by atoms with van der Waals surface area (Å²) >= 11 is 0. The minimum Gasteiger partial charge on any atom is -0.381 e. The van der Waals surface area contributed by atoms with Crippen LogP contribution in [0.15, 0.2) is 67.1 Å². The van der Waals surface area contributed by atoms with Crippen molar-refractivity contribution in [2.45, 2.75) is 12.5 Å². The van der Waals surface area contributed by atoms with Crippen molar-refractivity contribution in [2.24, 2.45) is 5.73 Å². The van der Waals surface area contributed by atoms with Gasteiger partial charge in [0.2, 0.25) is 0 Å². The summed E-state index contributed by atoms with van der Waals surface area (Å²) in [6, 6.07) is 16.2. The van der Waals surface area contributed by atoms with Gasteiger partial charge in [0.1, 0.15) is 5.82 Å². The number of nitrogens with two attached hydrogens (primary N) is 2. The quantitative estimate of drug-likeness (QED) is 0.489. The highest BCUT2D eigenvalue weighted by Crippen LogP contribution is 2.25. The first-order valence-electron chi connectivity index (χ1n) is 8.83. The molecule has 27 heavy (non-hydrogen) atoms. The van der Waals surface area contributed by atoms with Crippen molar-refractivity contribution < 1.29 is 0 Å². The van der Waals surface area contributed by atoms with Crippen molar-refractivity contribution in [1.82, 2.24) is 19.4 Å². The van der Waals surface area contributed by atoms with Crippen LogP contribution in [-0.4, -0.2) is 25.9 Å². The van der Waals surface area contributed by atoms with E-state index in [0.29, 0.717) is 18.0 Å². The van der Waals surface area contributed by atoms with Crippen molar-refractivity contribution in [2.75, 3.05) is 17.6 Å². The van der Waals surface area contributed by atoms with E-state index in [-0.39, 0.29) is 6.04 Å². The van der Waals surface area contributed by atoms with Crippen LogP contribution in [-0.2, 0) is 0 Å². The molecule has 7 heteroatoms. The number of hydrogen-bond acceptors (Lipinski definition) is 6. The van der Waals surface area contributed by atoms with Gasteiger partial charge in [0.25, 0.3) is 0 Å². The van der Waals surface area contributed by atoms with Crippen LogP contribution in [0.4, 0.5) is 11.6 Å². The Kier molecular flexibility index (Phi) is 4.67. The monoisotopic (exact) mass is 359 g/mol. The first kappa shape index (κ1) is 17.0. The average Bonchev–Trinajstić information content (AvgIpc) is 3.14. The summed E-state index contributed by atoms with van der Waals surface area (Å²) in [5.74, 6) is 1.18. The maximum absolute atomic E-state index is 5.90. The van der Waals surface area contributed by atoms with E-state index >= 15 is 0 Å². The standard InChI is InChI=1S/C20H21N7/c21-10-9-15(14-5-2-1-3-6-14)25-18-8-4-7-16(26-18)17-13-24-20-19(22)23-11-12-27(17)20/h1-8,11-13,15H,9-10,21H2,(H2,22,23)(H,25,26). The summed E-state index contributed by atoms with van der Waals surface area (Å²) in [5, 5.41) is 3.50. The fourth-order valence-corrected chi connectivity index (χ4v) is 3.14. The number of rotatable bonds is 6. The van der Waals surface area contributed by atoms with Gasteiger partial charge in [-0.1, -0.05) is 36.4 Å². The predicted molar refractivity (Wildman–Crippen MR) is 107 cm³/mol. The van der Waals surface area contributed by atoms with Gasteiger partial charge in [-0.15, -0.1) is 0 Å². The molecule has 3 aromatic heterocycles. The molecule has 136 valence electrons. The molecule has 0 bridgehead atoms. The van der Waals surface area contributed by atoms with Crippen LogP contribution in [0.5, 0.6) is 0 Å². The van der Waals surface area contributed by atoms with E-state index in [1.807, 2.05) is 47.0 Å². The largest absolute Gasteiger partial charge is 0.381 e. The Morgan fingerprint density at radius 3 is 2.70 bits per heavy atom. The summed E-state index contributed by atoms with van der Waals surface area (Å²) in [4.78, 5) is 13.2. The van der Waals surface area contributed by atoms with Gasteiger partial charge < -0.3 is 16.8 Å². The molecule has 0 amide bonds. The third kappa shape index (κ3) is 3.45. The molecule has 1 aromatic carbocycles. The summed E-state index contributed by atoms with van der Waals surface area (Å²) < 4.78 is 1.89. The number of anilines is 2. The van der Waals surface area contributed by atoms with Crippen LogP contribution < -0.4 is 16.8 Å². The van der Waals surface area contributed by atoms with E-state index in [9.17, 15) is 0 Å². The Bertz CT molecular complexity index is 1040. The third-order valence-corrected chi connectivity index (χ3v) is 4.45. The van der Waals surface area contributed by atoms with Gasteiger partial charge in [-0.3, -0.25) is 4.40 Å². The number of imidazole rings is 1. The molecular weight excluding hydrogens is 338 g/mol. The Balaban J connectivity index is 1.66. The van der Waals surface area contributed by atoms with Gasteiger partial charge in [-0.05, 0) is 30.7 Å². The van der Waals surface area contributed by atoms with E-state index in [1.54, 1.807) is 12.4 Å². The van der Waals surface area contributed by atoms with E-state index in [0.717, 1.165) is 23.6 Å². The van der Waals surface area contributed by atoms with E-state index < -0.39 is 0 Å². The number of aromatic nitrogens is 4. The van der Waals surface area contributed by atoms with Gasteiger partial charge in [-0.2, -0.15) is 0 Å². The second kappa shape index (κ2) is 7.43. The van der Waals surface area contributed by atoms with Gasteiger partial charge in [-0.25, -0.2) is 15.0 Å². The SMILES string of the molecule is NCCC(Nc1cccc(-c2cnc3c(N)nccn23)n1)c1ccccc1. The third-order valence-electron chi connectivity index (χ3n) is 4.45. The first-order valence-corrected chi connectivity index (χ1v) is 8.83. The topological polar surface area (TPSA) is 107 Å². The molecule has 4 aromatic rings. The number of hydrogen-bond donors (Lipinski definition) is 3. The van der Waals surface area contributed by atoms with Crippen molar-refractivity contribution in [3.8, 4) is 11.4 Å². The molecule has 0 spiro atoms. The Morgan fingerprint density at radius 1 is 1.04 bits per heavy atom. The summed E-state index contributed by atoms with van der Waals surface area (Å²) in [5.41, 5.74) is 15.2. The fourth-order valence-electron chi connectivity index (χ4n) is 3.14. The predicted octanol–water partition coefficient (Wildman–Crippen LogP) is 2.88. The molecule has 0 radical (unpaired) electrons. The van der Waals surface area contributed by atoms with Crippen molar-refractivity contribution in [1.29, 1.82) is 0 Å². The lowest BCUT2D eigenvalue weighted by molar-refractivity contribution is 0.700. The number of nitrogens with one attached hydrogen (secondary N) is 1. The molecule has 1 unspecified atom stereocenters. The van der Waals surface area contributed by atoms with Crippen molar-refractivity contribution in [3.05, 3.63) is 72.7 Å². The number of nitrogens with zero attached hydrogens (tertiary/aromatic N) is 4. The zero-order valence-electron chi connectivity index (χ0n) is 14.8. The zero-order chi connectivity index (χ0) is 18.6. The highest BCUT2D eigenvalue weighted by atomic mass is 15.1. The minimum absolute atomic E-state index is 0.0981. The molecule has 0 fully saturated rings. The molecule has 4 rings (SSSR count).